The lowest BCUT2D eigenvalue weighted by Crippen LogP contribution is -2.28. The van der Waals surface area contributed by atoms with Crippen molar-refractivity contribution < 1.29 is 9.18 Å². The molecule has 4 aromatic rings. The normalized spacial score (nSPS) is 11.0. The van der Waals surface area contributed by atoms with Crippen molar-refractivity contribution in [1.29, 1.82) is 0 Å². The van der Waals surface area contributed by atoms with Gasteiger partial charge < -0.3 is 5.32 Å². The van der Waals surface area contributed by atoms with Gasteiger partial charge in [0.05, 0.1) is 29.9 Å². The number of amides is 1. The molecule has 152 valence electrons. The Kier molecular flexibility index (Phi) is 5.58. The summed E-state index contributed by atoms with van der Waals surface area (Å²) in [6.45, 7) is 0.962. The molecule has 0 unspecified atom stereocenters. The largest absolute Gasteiger partial charge is 0.350 e. The zero-order valence-corrected chi connectivity index (χ0v) is 16.5. The molecule has 0 spiro atoms. The lowest BCUT2D eigenvalue weighted by Gasteiger charge is -2.08. The van der Waals surface area contributed by atoms with Crippen LogP contribution in [0.2, 0.25) is 5.02 Å². The van der Waals surface area contributed by atoms with Gasteiger partial charge in [-0.1, -0.05) is 41.9 Å². The van der Waals surface area contributed by atoms with Gasteiger partial charge in [0.15, 0.2) is 5.65 Å². The van der Waals surface area contributed by atoms with Crippen molar-refractivity contribution in [1.82, 2.24) is 24.6 Å². The van der Waals surface area contributed by atoms with E-state index in [1.165, 1.54) is 29.2 Å². The molecule has 30 heavy (non-hydrogen) atoms. The monoisotopic (exact) mass is 425 g/mol. The number of aromatic nitrogens is 4. The van der Waals surface area contributed by atoms with Crippen molar-refractivity contribution in [2.24, 2.45) is 0 Å². The Morgan fingerprint density at radius 3 is 2.73 bits per heavy atom. The highest BCUT2D eigenvalue weighted by atomic mass is 35.5. The first-order chi connectivity index (χ1) is 14.5. The summed E-state index contributed by atoms with van der Waals surface area (Å²) in [6, 6.07) is 13.2. The Bertz CT molecular complexity index is 1270. The zero-order valence-electron chi connectivity index (χ0n) is 15.8. The molecular weight excluding hydrogens is 409 g/mol. The molecule has 2 heterocycles. The van der Waals surface area contributed by atoms with Crippen LogP contribution in [0.3, 0.4) is 0 Å². The Morgan fingerprint density at radius 2 is 1.97 bits per heavy atom. The van der Waals surface area contributed by atoms with Crippen LogP contribution in [0.4, 0.5) is 4.39 Å². The first kappa shape index (κ1) is 19.8. The Hall–Kier alpha value is -3.52. The van der Waals surface area contributed by atoms with Gasteiger partial charge in [0, 0.05) is 6.54 Å². The molecule has 7 nitrogen and oxygen atoms in total. The van der Waals surface area contributed by atoms with Crippen LogP contribution in [-0.4, -0.2) is 31.8 Å². The number of nitrogens with one attached hydrogen (secondary N) is 1. The van der Waals surface area contributed by atoms with Crippen molar-refractivity contribution in [3.8, 4) is 0 Å². The third-order valence-corrected chi connectivity index (χ3v) is 4.92. The van der Waals surface area contributed by atoms with Crippen LogP contribution >= 0.6 is 11.6 Å². The van der Waals surface area contributed by atoms with Gasteiger partial charge in [0.1, 0.15) is 17.5 Å². The second-order valence-corrected chi connectivity index (χ2v) is 7.06. The summed E-state index contributed by atoms with van der Waals surface area (Å²) in [7, 11) is 0. The number of benzene rings is 2. The number of hydrogen-bond donors (Lipinski definition) is 1. The zero-order chi connectivity index (χ0) is 21.1. The molecule has 9 heteroatoms. The predicted molar refractivity (Wildman–Crippen MR) is 111 cm³/mol. The summed E-state index contributed by atoms with van der Waals surface area (Å²) in [5.41, 5.74) is 1.44. The van der Waals surface area contributed by atoms with Crippen molar-refractivity contribution in [3.05, 3.63) is 93.4 Å². The summed E-state index contributed by atoms with van der Waals surface area (Å²) in [5, 5.41) is 7.36. The van der Waals surface area contributed by atoms with Gasteiger partial charge in [-0.2, -0.15) is 5.10 Å². The van der Waals surface area contributed by atoms with Crippen molar-refractivity contribution in [2.45, 2.75) is 13.1 Å². The van der Waals surface area contributed by atoms with E-state index in [0.717, 1.165) is 11.6 Å². The van der Waals surface area contributed by atoms with Gasteiger partial charge in [-0.05, 0) is 23.8 Å². The van der Waals surface area contributed by atoms with E-state index in [4.69, 9.17) is 11.6 Å². The SMILES string of the molecule is O=C(NCCn1ncc2c(=O)n(Cc3ccccc3)cnc21)c1ccc(F)cc1Cl. The number of fused-ring (bicyclic) bond motifs is 1. The molecule has 0 saturated carbocycles. The maximum atomic E-state index is 13.1. The minimum absolute atomic E-state index is 0.0395. The lowest BCUT2D eigenvalue weighted by molar-refractivity contribution is 0.0952. The fraction of sp³-hybridized carbons (Fsp3) is 0.143. The Balaban J connectivity index is 1.45. The summed E-state index contributed by atoms with van der Waals surface area (Å²) in [5.74, 6) is -0.932. The first-order valence-corrected chi connectivity index (χ1v) is 9.59. The highest BCUT2D eigenvalue weighted by Crippen LogP contribution is 2.17. The second-order valence-electron chi connectivity index (χ2n) is 6.65. The molecular formula is C21H17ClFN5O2. The first-order valence-electron chi connectivity index (χ1n) is 9.21. The quantitative estimate of drug-likeness (QED) is 0.515. The Labute approximate surface area is 175 Å². The van der Waals surface area contributed by atoms with Gasteiger partial charge in [0.25, 0.3) is 11.5 Å². The summed E-state index contributed by atoms with van der Waals surface area (Å²) < 4.78 is 16.2. The fourth-order valence-corrected chi connectivity index (χ4v) is 3.35. The van der Waals surface area contributed by atoms with Crippen LogP contribution in [0.15, 0.2) is 65.8 Å². The summed E-state index contributed by atoms with van der Waals surface area (Å²) in [4.78, 5) is 29.3. The molecule has 0 aliphatic carbocycles. The van der Waals surface area contributed by atoms with Crippen LogP contribution in [0.1, 0.15) is 15.9 Å². The maximum absolute atomic E-state index is 13.1. The Morgan fingerprint density at radius 1 is 1.17 bits per heavy atom. The van der Waals surface area contributed by atoms with E-state index in [1.54, 1.807) is 4.68 Å². The molecule has 4 rings (SSSR count). The van der Waals surface area contributed by atoms with E-state index in [2.05, 4.69) is 15.4 Å². The molecule has 0 radical (unpaired) electrons. The number of halogens is 2. The standard InChI is InChI=1S/C21H17ClFN5O2/c22-18-10-15(23)6-7-16(18)20(29)24-8-9-28-19-17(11-26-28)21(30)27(13-25-19)12-14-4-2-1-3-5-14/h1-7,10-11,13H,8-9,12H2,(H,24,29). The van der Waals surface area contributed by atoms with Crippen molar-refractivity contribution in [2.75, 3.05) is 6.54 Å². The van der Waals surface area contributed by atoms with Crippen molar-refractivity contribution in [3.63, 3.8) is 0 Å². The molecule has 2 aromatic heterocycles. The molecule has 0 saturated heterocycles. The van der Waals surface area contributed by atoms with Crippen LogP contribution in [0.25, 0.3) is 11.0 Å². The molecule has 0 atom stereocenters. The fourth-order valence-electron chi connectivity index (χ4n) is 3.10. The van der Waals surface area contributed by atoms with E-state index in [1.807, 2.05) is 30.3 Å². The van der Waals surface area contributed by atoms with Crippen LogP contribution in [-0.2, 0) is 13.1 Å². The van der Waals surface area contributed by atoms with Gasteiger partial charge in [0.2, 0.25) is 0 Å². The third-order valence-electron chi connectivity index (χ3n) is 4.60. The summed E-state index contributed by atoms with van der Waals surface area (Å²) >= 11 is 5.91. The third kappa shape index (κ3) is 4.08. The second kappa shape index (κ2) is 8.46. The average molecular weight is 426 g/mol. The molecule has 0 fully saturated rings. The molecule has 1 amide bonds. The van der Waals surface area contributed by atoms with Crippen LogP contribution in [0.5, 0.6) is 0 Å². The number of carbonyl (C=O) groups is 1. The predicted octanol–water partition coefficient (Wildman–Crippen LogP) is 2.86. The maximum Gasteiger partial charge on any atom is 0.264 e. The average Bonchev–Trinajstić information content (AvgIpc) is 3.14. The van der Waals surface area contributed by atoms with Gasteiger partial charge in [-0.25, -0.2) is 14.1 Å². The number of nitrogens with zero attached hydrogens (tertiary/aromatic N) is 4. The minimum atomic E-state index is -0.511. The lowest BCUT2D eigenvalue weighted by atomic mass is 10.2. The van der Waals surface area contributed by atoms with E-state index < -0.39 is 11.7 Å². The van der Waals surface area contributed by atoms with E-state index in [-0.39, 0.29) is 22.7 Å². The number of carbonyl (C=O) groups excluding carboxylic acids is 1. The van der Waals surface area contributed by atoms with Gasteiger partial charge in [-0.3, -0.25) is 14.2 Å². The van der Waals surface area contributed by atoms with Gasteiger partial charge >= 0.3 is 0 Å². The van der Waals surface area contributed by atoms with E-state index >= 15 is 0 Å². The minimum Gasteiger partial charge on any atom is -0.350 e. The van der Waals surface area contributed by atoms with Gasteiger partial charge in [-0.15, -0.1) is 0 Å². The smallest absolute Gasteiger partial charge is 0.264 e. The molecule has 2 aromatic carbocycles. The highest BCUT2D eigenvalue weighted by molar-refractivity contribution is 6.33. The molecule has 1 N–H and O–H groups in total. The molecule has 0 bridgehead atoms. The van der Waals surface area contributed by atoms with Crippen LogP contribution in [0, 0.1) is 5.82 Å². The van der Waals surface area contributed by atoms with Crippen molar-refractivity contribution >= 4 is 28.5 Å². The number of rotatable bonds is 6. The van der Waals surface area contributed by atoms with E-state index in [0.29, 0.717) is 24.1 Å². The summed E-state index contributed by atoms with van der Waals surface area (Å²) in [6.07, 6.45) is 2.97. The molecule has 0 aliphatic heterocycles. The topological polar surface area (TPSA) is 81.8 Å². The van der Waals surface area contributed by atoms with E-state index in [9.17, 15) is 14.0 Å². The molecule has 0 aliphatic rings. The highest BCUT2D eigenvalue weighted by Gasteiger charge is 2.13. The number of hydrogen-bond acceptors (Lipinski definition) is 4. The van der Waals surface area contributed by atoms with Crippen LogP contribution < -0.4 is 10.9 Å².